The standard InChI is InChI=1S/C14H20O4/c1-8(15)10-7-11(10)14-12(17-3)5-9(16-2)6-13(14)18-4/h5-6,8,10-11,15H,7H2,1-4H3/t8-,10-,11-/m0/s1. The minimum absolute atomic E-state index is 0.293. The van der Waals surface area contributed by atoms with Crippen LogP contribution in [0.25, 0.3) is 0 Å². The van der Waals surface area contributed by atoms with Crippen LogP contribution in [0, 0.1) is 5.92 Å². The first kappa shape index (κ1) is 13.0. The zero-order chi connectivity index (χ0) is 13.3. The van der Waals surface area contributed by atoms with Crippen molar-refractivity contribution in [3.05, 3.63) is 17.7 Å². The Hall–Kier alpha value is -1.42. The summed E-state index contributed by atoms with van der Waals surface area (Å²) in [6, 6.07) is 3.71. The van der Waals surface area contributed by atoms with Gasteiger partial charge < -0.3 is 19.3 Å². The van der Waals surface area contributed by atoms with Gasteiger partial charge in [0.2, 0.25) is 0 Å². The van der Waals surface area contributed by atoms with Crippen LogP contribution in [0.1, 0.15) is 24.8 Å². The maximum absolute atomic E-state index is 9.65. The van der Waals surface area contributed by atoms with Gasteiger partial charge >= 0.3 is 0 Å². The minimum atomic E-state index is -0.300. The third kappa shape index (κ3) is 2.25. The first-order chi connectivity index (χ1) is 8.62. The Bertz CT molecular complexity index is 403. The predicted molar refractivity (Wildman–Crippen MR) is 68.6 cm³/mol. The summed E-state index contributed by atoms with van der Waals surface area (Å²) in [5, 5.41) is 9.65. The maximum Gasteiger partial charge on any atom is 0.129 e. The highest BCUT2D eigenvalue weighted by Crippen LogP contribution is 2.55. The fraction of sp³-hybridized carbons (Fsp3) is 0.571. The summed E-state index contributed by atoms with van der Waals surface area (Å²) >= 11 is 0. The van der Waals surface area contributed by atoms with Gasteiger partial charge in [-0.1, -0.05) is 0 Å². The highest BCUT2D eigenvalue weighted by Gasteiger charge is 2.44. The molecule has 3 atom stereocenters. The molecular formula is C14H20O4. The van der Waals surface area contributed by atoms with Crippen molar-refractivity contribution in [1.29, 1.82) is 0 Å². The molecule has 1 aromatic rings. The van der Waals surface area contributed by atoms with E-state index in [1.54, 1.807) is 21.3 Å². The van der Waals surface area contributed by atoms with Crippen molar-refractivity contribution < 1.29 is 19.3 Å². The van der Waals surface area contributed by atoms with E-state index in [4.69, 9.17) is 14.2 Å². The highest BCUT2D eigenvalue weighted by atomic mass is 16.5. The zero-order valence-electron chi connectivity index (χ0n) is 11.3. The first-order valence-electron chi connectivity index (χ1n) is 6.10. The zero-order valence-corrected chi connectivity index (χ0v) is 11.3. The number of aliphatic hydroxyl groups excluding tert-OH is 1. The molecule has 0 amide bonds. The SMILES string of the molecule is COc1cc(OC)c([C@H]2C[C@H]2[C@H](C)O)c(OC)c1. The van der Waals surface area contributed by atoms with Gasteiger partial charge in [-0.3, -0.25) is 0 Å². The number of rotatable bonds is 5. The molecule has 1 fully saturated rings. The lowest BCUT2D eigenvalue weighted by Crippen LogP contribution is -2.05. The van der Waals surface area contributed by atoms with Gasteiger partial charge in [-0.25, -0.2) is 0 Å². The van der Waals surface area contributed by atoms with Crippen LogP contribution in [0.5, 0.6) is 17.2 Å². The summed E-state index contributed by atoms with van der Waals surface area (Å²) in [4.78, 5) is 0. The molecule has 0 aromatic heterocycles. The van der Waals surface area contributed by atoms with Crippen LogP contribution >= 0.6 is 0 Å². The topological polar surface area (TPSA) is 47.9 Å². The van der Waals surface area contributed by atoms with Gasteiger partial charge in [0.25, 0.3) is 0 Å². The van der Waals surface area contributed by atoms with Gasteiger partial charge in [0.05, 0.1) is 27.4 Å². The van der Waals surface area contributed by atoms with E-state index < -0.39 is 0 Å². The number of methoxy groups -OCH3 is 3. The molecule has 4 nitrogen and oxygen atoms in total. The predicted octanol–water partition coefficient (Wildman–Crippen LogP) is 2.20. The van der Waals surface area contributed by atoms with Crippen molar-refractivity contribution in [2.75, 3.05) is 21.3 Å². The van der Waals surface area contributed by atoms with E-state index in [1.807, 2.05) is 19.1 Å². The van der Waals surface area contributed by atoms with Crippen LogP contribution in [-0.4, -0.2) is 32.5 Å². The summed E-state index contributed by atoms with van der Waals surface area (Å²) in [5.41, 5.74) is 1.03. The van der Waals surface area contributed by atoms with E-state index in [-0.39, 0.29) is 6.10 Å². The Kier molecular flexibility index (Phi) is 3.66. The van der Waals surface area contributed by atoms with Gasteiger partial charge in [0, 0.05) is 17.7 Å². The molecule has 1 aromatic carbocycles. The molecule has 1 aliphatic carbocycles. The van der Waals surface area contributed by atoms with Gasteiger partial charge in [-0.2, -0.15) is 0 Å². The summed E-state index contributed by atoms with van der Waals surface area (Å²) in [6.07, 6.45) is 0.669. The number of hydrogen-bond donors (Lipinski definition) is 1. The summed E-state index contributed by atoms with van der Waals surface area (Å²) < 4.78 is 16.1. The number of benzene rings is 1. The quantitative estimate of drug-likeness (QED) is 0.872. The molecule has 0 spiro atoms. The largest absolute Gasteiger partial charge is 0.496 e. The van der Waals surface area contributed by atoms with Crippen molar-refractivity contribution in [1.82, 2.24) is 0 Å². The van der Waals surface area contributed by atoms with Crippen molar-refractivity contribution in [3.8, 4) is 17.2 Å². The van der Waals surface area contributed by atoms with E-state index in [1.165, 1.54) is 0 Å². The molecule has 2 rings (SSSR count). The monoisotopic (exact) mass is 252 g/mol. The van der Waals surface area contributed by atoms with Crippen LogP contribution in [-0.2, 0) is 0 Å². The van der Waals surface area contributed by atoms with E-state index >= 15 is 0 Å². The van der Waals surface area contributed by atoms with E-state index in [9.17, 15) is 5.11 Å². The number of hydrogen-bond acceptors (Lipinski definition) is 4. The van der Waals surface area contributed by atoms with E-state index in [0.717, 1.165) is 23.5 Å². The third-order valence-corrected chi connectivity index (χ3v) is 3.58. The average molecular weight is 252 g/mol. The summed E-state index contributed by atoms with van der Waals surface area (Å²) in [7, 11) is 4.89. The van der Waals surface area contributed by atoms with E-state index in [0.29, 0.717) is 17.6 Å². The van der Waals surface area contributed by atoms with Crippen molar-refractivity contribution in [2.45, 2.75) is 25.4 Å². The number of ether oxygens (including phenoxy) is 3. The van der Waals surface area contributed by atoms with Crippen LogP contribution in [0.4, 0.5) is 0 Å². The molecule has 18 heavy (non-hydrogen) atoms. The van der Waals surface area contributed by atoms with Crippen LogP contribution in [0.3, 0.4) is 0 Å². The Labute approximate surface area is 107 Å². The van der Waals surface area contributed by atoms with Crippen molar-refractivity contribution in [3.63, 3.8) is 0 Å². The fourth-order valence-corrected chi connectivity index (χ4v) is 2.48. The van der Waals surface area contributed by atoms with E-state index in [2.05, 4.69) is 0 Å². The Balaban J connectivity index is 2.39. The molecular weight excluding hydrogens is 232 g/mol. The number of aliphatic hydroxyl groups is 1. The molecule has 1 aliphatic rings. The Morgan fingerprint density at radius 2 is 1.67 bits per heavy atom. The van der Waals surface area contributed by atoms with Crippen molar-refractivity contribution in [2.24, 2.45) is 5.92 Å². The molecule has 100 valence electrons. The van der Waals surface area contributed by atoms with Crippen LogP contribution in [0.2, 0.25) is 0 Å². The van der Waals surface area contributed by atoms with Gasteiger partial charge in [0.15, 0.2) is 0 Å². The van der Waals surface area contributed by atoms with Gasteiger partial charge in [0.1, 0.15) is 17.2 Å². The minimum Gasteiger partial charge on any atom is -0.496 e. The summed E-state index contributed by atoms with van der Waals surface area (Å²) in [6.45, 7) is 1.83. The van der Waals surface area contributed by atoms with Crippen LogP contribution in [0.15, 0.2) is 12.1 Å². The fourth-order valence-electron chi connectivity index (χ4n) is 2.48. The molecule has 1 saturated carbocycles. The summed E-state index contributed by atoms with van der Waals surface area (Å²) in [5.74, 6) is 2.84. The maximum atomic E-state index is 9.65. The molecule has 0 aliphatic heterocycles. The average Bonchev–Trinajstić information content (AvgIpc) is 3.17. The molecule has 1 N–H and O–H groups in total. The normalized spacial score (nSPS) is 23.4. The highest BCUT2D eigenvalue weighted by molar-refractivity contribution is 5.54. The smallest absolute Gasteiger partial charge is 0.129 e. The molecule has 0 radical (unpaired) electrons. The van der Waals surface area contributed by atoms with Crippen molar-refractivity contribution >= 4 is 0 Å². The first-order valence-corrected chi connectivity index (χ1v) is 6.10. The third-order valence-electron chi connectivity index (χ3n) is 3.58. The molecule has 0 bridgehead atoms. The molecule has 0 unspecified atom stereocenters. The second-order valence-electron chi connectivity index (χ2n) is 4.69. The lowest BCUT2D eigenvalue weighted by molar-refractivity contribution is 0.168. The van der Waals surface area contributed by atoms with Gasteiger partial charge in [-0.05, 0) is 25.2 Å². The Morgan fingerprint density at radius 1 is 1.11 bits per heavy atom. The molecule has 0 saturated heterocycles. The van der Waals surface area contributed by atoms with Gasteiger partial charge in [-0.15, -0.1) is 0 Å². The lowest BCUT2D eigenvalue weighted by atomic mass is 10.0. The Morgan fingerprint density at radius 3 is 2.00 bits per heavy atom. The van der Waals surface area contributed by atoms with Crippen LogP contribution < -0.4 is 14.2 Å². The lowest BCUT2D eigenvalue weighted by Gasteiger charge is -2.15. The molecule has 0 heterocycles. The molecule has 4 heteroatoms. The second-order valence-corrected chi connectivity index (χ2v) is 4.69. The second kappa shape index (κ2) is 5.06.